The van der Waals surface area contributed by atoms with Crippen LogP contribution in [0.2, 0.25) is 0 Å². The molecule has 1 aliphatic rings. The summed E-state index contributed by atoms with van der Waals surface area (Å²) in [6, 6.07) is 4.89. The zero-order valence-corrected chi connectivity index (χ0v) is 11.4. The summed E-state index contributed by atoms with van der Waals surface area (Å²) in [5.41, 5.74) is 1.81. The van der Waals surface area contributed by atoms with E-state index in [1.807, 2.05) is 6.07 Å². The molecular weight excluding hydrogens is 278 g/mol. The maximum Gasteiger partial charge on any atom is 0.336 e. The maximum absolute atomic E-state index is 11.3. The van der Waals surface area contributed by atoms with Gasteiger partial charge < -0.3 is 4.74 Å². The summed E-state index contributed by atoms with van der Waals surface area (Å²) in [7, 11) is -2.65. The first-order valence-electron chi connectivity index (χ1n) is 5.44. The highest BCUT2D eigenvalue weighted by Crippen LogP contribution is 2.34. The largest absolute Gasteiger partial charge is 0.497 e. The number of nitrogens with zero attached hydrogens (tertiary/aromatic N) is 1. The van der Waals surface area contributed by atoms with Gasteiger partial charge in [0.15, 0.2) is 0 Å². The third kappa shape index (κ3) is 2.47. The lowest BCUT2D eigenvalue weighted by Crippen LogP contribution is -2.40. The van der Waals surface area contributed by atoms with Gasteiger partial charge >= 0.3 is 10.3 Å². The van der Waals surface area contributed by atoms with Crippen LogP contribution in [0.25, 0.3) is 0 Å². The van der Waals surface area contributed by atoms with Gasteiger partial charge in [-0.05, 0) is 29.7 Å². The number of rotatable bonds is 3. The van der Waals surface area contributed by atoms with Crippen LogP contribution in [0.3, 0.4) is 0 Å². The Morgan fingerprint density at radius 3 is 2.83 bits per heavy atom. The Hall–Kier alpha value is -0.820. The molecule has 0 aliphatic carbocycles. The third-order valence-corrected chi connectivity index (χ3v) is 4.42. The van der Waals surface area contributed by atoms with Crippen molar-refractivity contribution in [1.82, 2.24) is 4.31 Å². The number of ether oxygens (including phenoxy) is 1. The van der Waals surface area contributed by atoms with Gasteiger partial charge in [-0.2, -0.15) is 12.7 Å². The number of halogens is 1. The fraction of sp³-hybridized carbons (Fsp3) is 0.455. The standard InChI is InChI=1S/C11H14ClNO4S/c1-17-9-2-3-10-8(6-9)4-5-13(11(10)7-12)18(14,15)16/h2-3,6,11H,4-5,7H2,1H3,(H,14,15,16). The zero-order valence-electron chi connectivity index (χ0n) is 9.84. The SMILES string of the molecule is COc1ccc2c(c1)CCN(S(=O)(=O)O)C2CCl. The number of methoxy groups -OCH3 is 1. The van der Waals surface area contributed by atoms with Crippen molar-refractivity contribution < 1.29 is 17.7 Å². The fourth-order valence-corrected chi connectivity index (χ4v) is 3.47. The van der Waals surface area contributed by atoms with Gasteiger partial charge in [0.1, 0.15) is 5.75 Å². The highest BCUT2D eigenvalue weighted by Gasteiger charge is 2.33. The maximum atomic E-state index is 11.3. The first-order chi connectivity index (χ1) is 8.47. The van der Waals surface area contributed by atoms with Gasteiger partial charge in [0.05, 0.1) is 13.2 Å². The van der Waals surface area contributed by atoms with Crippen LogP contribution in [0, 0.1) is 0 Å². The number of benzene rings is 1. The van der Waals surface area contributed by atoms with E-state index >= 15 is 0 Å². The quantitative estimate of drug-likeness (QED) is 0.679. The molecule has 0 saturated heterocycles. The van der Waals surface area contributed by atoms with E-state index in [1.165, 1.54) is 0 Å². The molecule has 0 bridgehead atoms. The summed E-state index contributed by atoms with van der Waals surface area (Å²) in [6.07, 6.45) is 0.527. The molecule has 1 aromatic carbocycles. The van der Waals surface area contributed by atoms with Gasteiger partial charge in [-0.15, -0.1) is 11.6 Å². The number of hydrogen-bond donors (Lipinski definition) is 1. The normalized spacial score (nSPS) is 20.5. The molecule has 0 spiro atoms. The van der Waals surface area contributed by atoms with Crippen LogP contribution in [-0.4, -0.2) is 36.8 Å². The average molecular weight is 292 g/mol. The summed E-state index contributed by atoms with van der Waals surface area (Å²) < 4.78 is 37.9. The summed E-state index contributed by atoms with van der Waals surface area (Å²) in [6.45, 7) is 0.219. The molecule has 0 saturated carbocycles. The van der Waals surface area contributed by atoms with E-state index in [2.05, 4.69) is 0 Å². The smallest absolute Gasteiger partial charge is 0.336 e. The Morgan fingerprint density at radius 2 is 2.28 bits per heavy atom. The highest BCUT2D eigenvalue weighted by atomic mass is 35.5. The highest BCUT2D eigenvalue weighted by molar-refractivity contribution is 7.83. The molecule has 0 aromatic heterocycles. The van der Waals surface area contributed by atoms with Crippen LogP contribution in [0.15, 0.2) is 18.2 Å². The first-order valence-corrected chi connectivity index (χ1v) is 7.37. The molecule has 100 valence electrons. The van der Waals surface area contributed by atoms with Crippen LogP contribution in [0.1, 0.15) is 17.2 Å². The lowest BCUT2D eigenvalue weighted by Gasteiger charge is -2.33. The van der Waals surface area contributed by atoms with E-state index in [-0.39, 0.29) is 12.4 Å². The number of hydrogen-bond acceptors (Lipinski definition) is 3. The molecule has 0 amide bonds. The van der Waals surface area contributed by atoms with Gasteiger partial charge in [-0.1, -0.05) is 6.07 Å². The van der Waals surface area contributed by atoms with E-state index in [4.69, 9.17) is 16.3 Å². The second kappa shape index (κ2) is 5.05. The predicted octanol–water partition coefficient (Wildman–Crippen LogP) is 1.64. The van der Waals surface area contributed by atoms with Crippen molar-refractivity contribution in [3.8, 4) is 5.75 Å². The van der Waals surface area contributed by atoms with Gasteiger partial charge in [-0.3, -0.25) is 4.55 Å². The minimum absolute atomic E-state index is 0.0963. The molecule has 1 aromatic rings. The van der Waals surface area contributed by atoms with Crippen molar-refractivity contribution in [1.29, 1.82) is 0 Å². The fourth-order valence-electron chi connectivity index (χ4n) is 2.23. The molecule has 0 fully saturated rings. The lowest BCUT2D eigenvalue weighted by molar-refractivity contribution is 0.290. The molecule has 1 unspecified atom stereocenters. The average Bonchev–Trinajstić information content (AvgIpc) is 2.35. The Labute approximate surface area is 111 Å². The van der Waals surface area contributed by atoms with Gasteiger partial charge in [0.25, 0.3) is 0 Å². The topological polar surface area (TPSA) is 66.8 Å². The molecule has 1 aliphatic heterocycles. The Kier molecular flexibility index (Phi) is 3.82. The summed E-state index contributed by atoms with van der Waals surface area (Å²) >= 11 is 5.83. The van der Waals surface area contributed by atoms with Gasteiger partial charge in [0, 0.05) is 12.4 Å². The Morgan fingerprint density at radius 1 is 1.56 bits per heavy atom. The van der Waals surface area contributed by atoms with Crippen LogP contribution in [0.5, 0.6) is 5.75 Å². The van der Waals surface area contributed by atoms with Crippen molar-refractivity contribution in [3.63, 3.8) is 0 Å². The number of alkyl halides is 1. The van der Waals surface area contributed by atoms with Crippen molar-refractivity contribution in [2.24, 2.45) is 0 Å². The Bertz CT molecular complexity index is 546. The van der Waals surface area contributed by atoms with Crippen LogP contribution in [0.4, 0.5) is 0 Å². The Balaban J connectivity index is 2.44. The molecule has 1 heterocycles. The molecule has 0 radical (unpaired) electrons. The van der Waals surface area contributed by atoms with Crippen molar-refractivity contribution in [2.75, 3.05) is 19.5 Å². The second-order valence-corrected chi connectivity index (χ2v) is 5.75. The van der Waals surface area contributed by atoms with Crippen molar-refractivity contribution >= 4 is 21.9 Å². The zero-order chi connectivity index (χ0) is 13.3. The molecule has 1 atom stereocenters. The van der Waals surface area contributed by atoms with Crippen molar-refractivity contribution in [3.05, 3.63) is 29.3 Å². The molecule has 1 N–H and O–H groups in total. The van der Waals surface area contributed by atoms with E-state index in [0.717, 1.165) is 21.2 Å². The molecular formula is C11H14ClNO4S. The van der Waals surface area contributed by atoms with E-state index in [9.17, 15) is 13.0 Å². The minimum atomic E-state index is -4.23. The van der Waals surface area contributed by atoms with E-state index in [0.29, 0.717) is 6.42 Å². The summed E-state index contributed by atoms with van der Waals surface area (Å²) in [5, 5.41) is 0. The van der Waals surface area contributed by atoms with E-state index < -0.39 is 16.3 Å². The molecule has 2 rings (SSSR count). The van der Waals surface area contributed by atoms with E-state index in [1.54, 1.807) is 19.2 Å². The predicted molar refractivity (Wildman–Crippen MR) is 68.4 cm³/mol. The number of fused-ring (bicyclic) bond motifs is 1. The second-order valence-electron chi connectivity index (χ2n) is 4.07. The van der Waals surface area contributed by atoms with Crippen LogP contribution < -0.4 is 4.74 Å². The van der Waals surface area contributed by atoms with Crippen LogP contribution >= 0.6 is 11.6 Å². The van der Waals surface area contributed by atoms with Crippen molar-refractivity contribution in [2.45, 2.75) is 12.5 Å². The molecule has 18 heavy (non-hydrogen) atoms. The summed E-state index contributed by atoms with van der Waals surface area (Å²) in [4.78, 5) is 0. The van der Waals surface area contributed by atoms with Gasteiger partial charge in [-0.25, -0.2) is 0 Å². The first kappa shape index (κ1) is 13.6. The van der Waals surface area contributed by atoms with Gasteiger partial charge in [0.2, 0.25) is 0 Å². The molecule has 7 heteroatoms. The lowest BCUT2D eigenvalue weighted by atomic mass is 9.95. The summed E-state index contributed by atoms with van der Waals surface area (Å²) in [5.74, 6) is 0.821. The van der Waals surface area contributed by atoms with Crippen LogP contribution in [-0.2, 0) is 16.7 Å². The minimum Gasteiger partial charge on any atom is -0.497 e. The molecule has 5 nitrogen and oxygen atoms in total. The third-order valence-electron chi connectivity index (χ3n) is 3.10. The monoisotopic (exact) mass is 291 g/mol.